The van der Waals surface area contributed by atoms with E-state index >= 15 is 0 Å². The first kappa shape index (κ1) is 11.7. The first-order chi connectivity index (χ1) is 5.81. The van der Waals surface area contributed by atoms with Gasteiger partial charge in [-0.1, -0.05) is 32.2 Å². The molecule has 0 spiro atoms. The molecule has 3 heteroatoms. The minimum Gasteiger partial charge on any atom is -0.466 e. The smallest absolute Gasteiger partial charge is 0.305 e. The van der Waals surface area contributed by atoms with Crippen molar-refractivity contribution in [1.29, 1.82) is 0 Å². The second-order valence-electron chi connectivity index (χ2n) is 3.03. The zero-order chi connectivity index (χ0) is 9.23. The summed E-state index contributed by atoms with van der Waals surface area (Å²) in [5.74, 6) is -0.0125. The van der Waals surface area contributed by atoms with Gasteiger partial charge < -0.3 is 4.74 Å². The molecule has 0 unspecified atom stereocenters. The van der Waals surface area contributed by atoms with Crippen LogP contribution in [-0.4, -0.2) is 22.8 Å². The number of ether oxygens (including phenoxy) is 1. The Hall–Kier alpha value is -0.313. The third-order valence-corrected chi connectivity index (χ3v) is 2.22. The Morgan fingerprint density at radius 3 is 2.67 bits per heavy atom. The standard InChI is InChI=1S/C9H20O2Si/c1-2-3-4-5-7-11-9(10)6-8-12/h2-8H2,1,12H3. The lowest BCUT2D eigenvalue weighted by Gasteiger charge is -2.02. The molecule has 0 aliphatic rings. The van der Waals surface area contributed by atoms with Gasteiger partial charge in [-0.15, -0.1) is 0 Å². The summed E-state index contributed by atoms with van der Waals surface area (Å²) >= 11 is 0. The maximum absolute atomic E-state index is 10.9. The molecule has 0 N–H and O–H groups in total. The fraction of sp³-hybridized carbons (Fsp3) is 0.889. The third kappa shape index (κ3) is 7.79. The molecule has 2 nitrogen and oxygen atoms in total. The van der Waals surface area contributed by atoms with E-state index in [2.05, 4.69) is 6.92 Å². The van der Waals surface area contributed by atoms with Gasteiger partial charge in [0.1, 0.15) is 0 Å². The van der Waals surface area contributed by atoms with Gasteiger partial charge >= 0.3 is 5.97 Å². The molecule has 0 aliphatic heterocycles. The van der Waals surface area contributed by atoms with Gasteiger partial charge in [0.25, 0.3) is 0 Å². The quantitative estimate of drug-likeness (QED) is 0.342. The molecule has 72 valence electrons. The van der Waals surface area contributed by atoms with Crippen molar-refractivity contribution in [1.82, 2.24) is 0 Å². The number of carbonyl (C=O) groups excluding carboxylic acids is 1. The zero-order valence-corrected chi connectivity index (χ0v) is 10.3. The highest BCUT2D eigenvalue weighted by atomic mass is 28.1. The van der Waals surface area contributed by atoms with Crippen LogP contribution in [0.3, 0.4) is 0 Å². The Balaban J connectivity index is 3.03. The van der Waals surface area contributed by atoms with E-state index in [0.717, 1.165) is 22.7 Å². The highest BCUT2D eigenvalue weighted by molar-refractivity contribution is 6.09. The lowest BCUT2D eigenvalue weighted by atomic mass is 10.2. The Kier molecular flexibility index (Phi) is 8.55. The largest absolute Gasteiger partial charge is 0.466 e. The van der Waals surface area contributed by atoms with E-state index in [-0.39, 0.29) is 5.97 Å². The fourth-order valence-electron chi connectivity index (χ4n) is 0.991. The average Bonchev–Trinajstić information content (AvgIpc) is 2.05. The van der Waals surface area contributed by atoms with Crippen LogP contribution in [0.4, 0.5) is 0 Å². The molecule has 0 aromatic heterocycles. The van der Waals surface area contributed by atoms with Crippen molar-refractivity contribution >= 4 is 16.2 Å². The minimum absolute atomic E-state index is 0.0125. The first-order valence-electron chi connectivity index (χ1n) is 4.96. The minimum atomic E-state index is -0.0125. The van der Waals surface area contributed by atoms with Gasteiger partial charge in [0, 0.05) is 16.7 Å². The monoisotopic (exact) mass is 188 g/mol. The second kappa shape index (κ2) is 8.78. The van der Waals surface area contributed by atoms with Crippen molar-refractivity contribution in [2.75, 3.05) is 6.61 Å². The van der Waals surface area contributed by atoms with Crippen molar-refractivity contribution < 1.29 is 9.53 Å². The van der Waals surface area contributed by atoms with Gasteiger partial charge in [-0.25, -0.2) is 0 Å². The Morgan fingerprint density at radius 1 is 1.33 bits per heavy atom. The van der Waals surface area contributed by atoms with Gasteiger partial charge in [-0.3, -0.25) is 4.79 Å². The van der Waals surface area contributed by atoms with Crippen LogP contribution in [0, 0.1) is 0 Å². The molecular weight excluding hydrogens is 168 g/mol. The van der Waals surface area contributed by atoms with Gasteiger partial charge in [0.05, 0.1) is 6.61 Å². The topological polar surface area (TPSA) is 26.3 Å². The zero-order valence-electron chi connectivity index (χ0n) is 8.27. The number of carbonyl (C=O) groups is 1. The number of hydrogen-bond acceptors (Lipinski definition) is 2. The first-order valence-corrected chi connectivity index (χ1v) is 6.38. The maximum atomic E-state index is 10.9. The summed E-state index contributed by atoms with van der Waals surface area (Å²) in [6, 6.07) is 1.02. The number of esters is 1. The van der Waals surface area contributed by atoms with E-state index in [1.54, 1.807) is 0 Å². The average molecular weight is 188 g/mol. The molecule has 0 aromatic rings. The molecule has 0 aliphatic carbocycles. The molecule has 0 heterocycles. The molecule has 0 amide bonds. The lowest BCUT2D eigenvalue weighted by Crippen LogP contribution is -2.05. The third-order valence-electron chi connectivity index (χ3n) is 1.72. The molecule has 12 heavy (non-hydrogen) atoms. The van der Waals surface area contributed by atoms with Crippen molar-refractivity contribution in [2.24, 2.45) is 0 Å². The van der Waals surface area contributed by atoms with Crippen molar-refractivity contribution in [3.8, 4) is 0 Å². The predicted octanol–water partition coefficient (Wildman–Crippen LogP) is 1.28. The molecule has 0 atom stereocenters. The fourth-order valence-corrected chi connectivity index (χ4v) is 1.40. The van der Waals surface area contributed by atoms with Crippen molar-refractivity contribution in [2.45, 2.75) is 45.1 Å². The summed E-state index contributed by atoms with van der Waals surface area (Å²) in [6.45, 7) is 2.80. The van der Waals surface area contributed by atoms with Crippen molar-refractivity contribution in [3.05, 3.63) is 0 Å². The molecule has 0 radical (unpaired) electrons. The van der Waals surface area contributed by atoms with Crippen molar-refractivity contribution in [3.63, 3.8) is 0 Å². The van der Waals surface area contributed by atoms with Gasteiger partial charge in [-0.05, 0) is 6.42 Å². The van der Waals surface area contributed by atoms with E-state index in [0.29, 0.717) is 13.0 Å². The van der Waals surface area contributed by atoms with Crippen LogP contribution >= 0.6 is 0 Å². The number of unbranched alkanes of at least 4 members (excludes halogenated alkanes) is 3. The number of rotatable bonds is 7. The molecule has 0 saturated carbocycles. The van der Waals surface area contributed by atoms with Crippen LogP contribution in [0.1, 0.15) is 39.0 Å². The highest BCUT2D eigenvalue weighted by Gasteiger charge is 1.98. The molecular formula is C9H20O2Si. The van der Waals surface area contributed by atoms with Crippen LogP contribution in [0.15, 0.2) is 0 Å². The summed E-state index contributed by atoms with van der Waals surface area (Å²) in [7, 11) is 1.10. The predicted molar refractivity (Wildman–Crippen MR) is 54.5 cm³/mol. The highest BCUT2D eigenvalue weighted by Crippen LogP contribution is 1.99. The Bertz CT molecular complexity index is 115. The second-order valence-corrected chi connectivity index (χ2v) is 4.03. The Labute approximate surface area is 78.1 Å². The van der Waals surface area contributed by atoms with Gasteiger partial charge in [0.2, 0.25) is 0 Å². The van der Waals surface area contributed by atoms with Crippen LogP contribution in [-0.2, 0) is 9.53 Å². The van der Waals surface area contributed by atoms with E-state index in [9.17, 15) is 4.79 Å². The summed E-state index contributed by atoms with van der Waals surface area (Å²) in [5, 5.41) is 0. The molecule has 0 fully saturated rings. The number of hydrogen-bond donors (Lipinski definition) is 0. The Morgan fingerprint density at radius 2 is 2.08 bits per heavy atom. The van der Waals surface area contributed by atoms with E-state index < -0.39 is 0 Å². The lowest BCUT2D eigenvalue weighted by molar-refractivity contribution is -0.143. The van der Waals surface area contributed by atoms with Crippen LogP contribution in [0.25, 0.3) is 0 Å². The molecule has 0 saturated heterocycles. The van der Waals surface area contributed by atoms with Crippen LogP contribution < -0.4 is 0 Å². The molecule has 0 rings (SSSR count). The normalized spacial score (nSPS) is 10.1. The summed E-state index contributed by atoms with van der Waals surface area (Å²) < 4.78 is 5.01. The van der Waals surface area contributed by atoms with E-state index in [1.807, 2.05) is 0 Å². The van der Waals surface area contributed by atoms with Crippen LogP contribution in [0.5, 0.6) is 0 Å². The van der Waals surface area contributed by atoms with Gasteiger partial charge in [-0.2, -0.15) is 0 Å². The van der Waals surface area contributed by atoms with Gasteiger partial charge in [0.15, 0.2) is 0 Å². The molecule has 0 aromatic carbocycles. The summed E-state index contributed by atoms with van der Waals surface area (Å²) in [5.41, 5.74) is 0. The maximum Gasteiger partial charge on any atom is 0.305 e. The molecule has 0 bridgehead atoms. The van der Waals surface area contributed by atoms with E-state index in [1.165, 1.54) is 19.3 Å². The summed E-state index contributed by atoms with van der Waals surface area (Å²) in [6.07, 6.45) is 5.32. The SMILES string of the molecule is CCCCCCOC(=O)CC[SiH3]. The summed E-state index contributed by atoms with van der Waals surface area (Å²) in [4.78, 5) is 10.9. The van der Waals surface area contributed by atoms with E-state index in [4.69, 9.17) is 4.74 Å². The van der Waals surface area contributed by atoms with Crippen LogP contribution in [0.2, 0.25) is 6.04 Å².